The number of nitrogens with zero attached hydrogens (tertiary/aromatic N) is 3. The SMILES string of the molecule is CCn1c(S[C@H](C)C(=O)Nc2cc(C)ccc2C)nnc1-c1ccccc1. The molecule has 0 aliphatic heterocycles. The monoisotopic (exact) mass is 380 g/mol. The average molecular weight is 381 g/mol. The van der Waals surface area contributed by atoms with Crippen molar-refractivity contribution in [2.45, 2.75) is 44.6 Å². The third-order valence-corrected chi connectivity index (χ3v) is 5.45. The van der Waals surface area contributed by atoms with Gasteiger partial charge in [0.1, 0.15) is 0 Å². The average Bonchev–Trinajstić information content (AvgIpc) is 3.07. The highest BCUT2D eigenvalue weighted by Crippen LogP contribution is 2.27. The minimum absolute atomic E-state index is 0.0411. The summed E-state index contributed by atoms with van der Waals surface area (Å²) in [6.07, 6.45) is 0. The number of carbonyl (C=O) groups is 1. The third kappa shape index (κ3) is 4.39. The smallest absolute Gasteiger partial charge is 0.237 e. The molecule has 0 aliphatic carbocycles. The second-order valence-electron chi connectivity index (χ2n) is 6.48. The summed E-state index contributed by atoms with van der Waals surface area (Å²) in [5, 5.41) is 12.2. The van der Waals surface area contributed by atoms with Crippen LogP contribution in [0.15, 0.2) is 53.7 Å². The van der Waals surface area contributed by atoms with Gasteiger partial charge in [-0.3, -0.25) is 4.79 Å². The van der Waals surface area contributed by atoms with E-state index in [1.54, 1.807) is 0 Å². The molecule has 6 heteroatoms. The molecule has 0 spiro atoms. The zero-order valence-corrected chi connectivity index (χ0v) is 16.9. The maximum Gasteiger partial charge on any atom is 0.237 e. The number of nitrogens with one attached hydrogen (secondary N) is 1. The molecule has 1 heterocycles. The van der Waals surface area contributed by atoms with E-state index < -0.39 is 0 Å². The fourth-order valence-corrected chi connectivity index (χ4v) is 3.69. The summed E-state index contributed by atoms with van der Waals surface area (Å²) >= 11 is 1.42. The van der Waals surface area contributed by atoms with Crippen LogP contribution in [0.5, 0.6) is 0 Å². The maximum absolute atomic E-state index is 12.7. The van der Waals surface area contributed by atoms with Crippen molar-refractivity contribution in [3.63, 3.8) is 0 Å². The van der Waals surface area contributed by atoms with Gasteiger partial charge in [0.25, 0.3) is 0 Å². The summed E-state index contributed by atoms with van der Waals surface area (Å²) in [5.41, 5.74) is 4.05. The third-order valence-electron chi connectivity index (χ3n) is 4.37. The van der Waals surface area contributed by atoms with Crippen LogP contribution < -0.4 is 5.32 Å². The summed E-state index contributed by atoms with van der Waals surface area (Å²) in [5.74, 6) is 0.781. The molecule has 0 fully saturated rings. The van der Waals surface area contributed by atoms with Gasteiger partial charge in [-0.15, -0.1) is 10.2 Å². The molecule has 0 saturated carbocycles. The number of rotatable bonds is 6. The Labute approximate surface area is 164 Å². The fourth-order valence-electron chi connectivity index (χ4n) is 2.78. The van der Waals surface area contributed by atoms with Crippen LogP contribution in [0.1, 0.15) is 25.0 Å². The Morgan fingerprint density at radius 1 is 1.15 bits per heavy atom. The van der Waals surface area contributed by atoms with Crippen molar-refractivity contribution in [1.82, 2.24) is 14.8 Å². The number of amides is 1. The van der Waals surface area contributed by atoms with E-state index in [2.05, 4.69) is 22.4 Å². The molecule has 0 saturated heterocycles. The van der Waals surface area contributed by atoms with Crippen molar-refractivity contribution in [3.8, 4) is 11.4 Å². The lowest BCUT2D eigenvalue weighted by Gasteiger charge is -2.14. The fraction of sp³-hybridized carbons (Fsp3) is 0.286. The number of aromatic nitrogens is 3. The summed E-state index contributed by atoms with van der Waals surface area (Å²) in [6.45, 7) is 8.70. The van der Waals surface area contributed by atoms with Gasteiger partial charge in [0.15, 0.2) is 11.0 Å². The van der Waals surface area contributed by atoms with Crippen LogP contribution in [0.2, 0.25) is 0 Å². The van der Waals surface area contributed by atoms with Gasteiger partial charge in [0.2, 0.25) is 5.91 Å². The van der Waals surface area contributed by atoms with Crippen LogP contribution in [0, 0.1) is 13.8 Å². The zero-order valence-electron chi connectivity index (χ0n) is 16.1. The Hall–Kier alpha value is -2.60. The maximum atomic E-state index is 12.7. The summed E-state index contributed by atoms with van der Waals surface area (Å²) < 4.78 is 2.04. The van der Waals surface area contributed by atoms with Gasteiger partial charge in [-0.05, 0) is 44.9 Å². The van der Waals surface area contributed by atoms with E-state index in [1.807, 2.05) is 73.9 Å². The molecule has 2 aromatic carbocycles. The van der Waals surface area contributed by atoms with Crippen molar-refractivity contribution < 1.29 is 4.79 Å². The van der Waals surface area contributed by atoms with Crippen LogP contribution >= 0.6 is 11.8 Å². The molecule has 0 bridgehead atoms. The van der Waals surface area contributed by atoms with Gasteiger partial charge in [-0.1, -0.05) is 54.2 Å². The van der Waals surface area contributed by atoms with Crippen molar-refractivity contribution in [3.05, 3.63) is 59.7 Å². The van der Waals surface area contributed by atoms with E-state index in [9.17, 15) is 4.79 Å². The second-order valence-corrected chi connectivity index (χ2v) is 7.79. The van der Waals surface area contributed by atoms with Crippen LogP contribution in [0.4, 0.5) is 5.69 Å². The van der Waals surface area contributed by atoms with E-state index >= 15 is 0 Å². The van der Waals surface area contributed by atoms with E-state index in [0.29, 0.717) is 0 Å². The second kappa shape index (κ2) is 8.39. The first kappa shape index (κ1) is 19.2. The van der Waals surface area contributed by atoms with E-state index in [0.717, 1.165) is 39.9 Å². The number of hydrogen-bond donors (Lipinski definition) is 1. The minimum atomic E-state index is -0.289. The molecule has 27 heavy (non-hydrogen) atoms. The first-order chi connectivity index (χ1) is 13.0. The molecule has 1 atom stereocenters. The number of carbonyl (C=O) groups excluding carboxylic acids is 1. The van der Waals surface area contributed by atoms with Crippen LogP contribution in [-0.2, 0) is 11.3 Å². The van der Waals surface area contributed by atoms with Gasteiger partial charge in [-0.25, -0.2) is 0 Å². The normalized spacial score (nSPS) is 12.0. The lowest BCUT2D eigenvalue weighted by molar-refractivity contribution is -0.115. The predicted octanol–water partition coefficient (Wildman–Crippen LogP) is 4.70. The van der Waals surface area contributed by atoms with Gasteiger partial charge >= 0.3 is 0 Å². The quantitative estimate of drug-likeness (QED) is 0.630. The Balaban J connectivity index is 1.76. The minimum Gasteiger partial charge on any atom is -0.325 e. The molecule has 0 aliphatic rings. The molecule has 3 aromatic rings. The highest BCUT2D eigenvalue weighted by atomic mass is 32.2. The standard InChI is InChI=1S/C21H24N4OS/c1-5-25-19(17-9-7-6-8-10-17)23-24-21(25)27-16(4)20(26)22-18-13-14(2)11-12-15(18)3/h6-13,16H,5H2,1-4H3,(H,22,26)/t16-/m1/s1. The molecule has 3 rings (SSSR count). The molecule has 0 radical (unpaired) electrons. The number of anilines is 1. The molecule has 1 N–H and O–H groups in total. The Bertz CT molecular complexity index is 937. The molecular formula is C21H24N4OS. The van der Waals surface area contributed by atoms with Crippen molar-refractivity contribution in [2.75, 3.05) is 5.32 Å². The molecule has 1 amide bonds. The Morgan fingerprint density at radius 2 is 1.89 bits per heavy atom. The lowest BCUT2D eigenvalue weighted by atomic mass is 10.1. The van der Waals surface area contributed by atoms with Crippen molar-refractivity contribution >= 4 is 23.4 Å². The van der Waals surface area contributed by atoms with Gasteiger partial charge in [0.05, 0.1) is 5.25 Å². The molecular weight excluding hydrogens is 356 g/mol. The van der Waals surface area contributed by atoms with Crippen LogP contribution in [0.25, 0.3) is 11.4 Å². The van der Waals surface area contributed by atoms with Gasteiger partial charge in [0, 0.05) is 17.8 Å². The number of thioether (sulfide) groups is 1. The molecule has 0 unspecified atom stereocenters. The number of benzene rings is 2. The van der Waals surface area contributed by atoms with Crippen LogP contribution in [-0.4, -0.2) is 25.9 Å². The van der Waals surface area contributed by atoms with E-state index in [-0.39, 0.29) is 11.2 Å². The first-order valence-electron chi connectivity index (χ1n) is 9.03. The summed E-state index contributed by atoms with van der Waals surface area (Å²) in [6, 6.07) is 16.0. The first-order valence-corrected chi connectivity index (χ1v) is 9.91. The Morgan fingerprint density at radius 3 is 2.59 bits per heavy atom. The van der Waals surface area contributed by atoms with Crippen molar-refractivity contribution in [2.24, 2.45) is 0 Å². The predicted molar refractivity (Wildman–Crippen MR) is 111 cm³/mol. The van der Waals surface area contributed by atoms with Gasteiger partial charge in [-0.2, -0.15) is 0 Å². The van der Waals surface area contributed by atoms with E-state index in [1.165, 1.54) is 11.8 Å². The van der Waals surface area contributed by atoms with Crippen molar-refractivity contribution in [1.29, 1.82) is 0 Å². The number of aryl methyl sites for hydroxylation is 2. The summed E-state index contributed by atoms with van der Waals surface area (Å²) in [4.78, 5) is 12.7. The molecule has 140 valence electrons. The highest BCUT2D eigenvalue weighted by molar-refractivity contribution is 8.00. The molecule has 5 nitrogen and oxygen atoms in total. The topological polar surface area (TPSA) is 59.8 Å². The van der Waals surface area contributed by atoms with E-state index in [4.69, 9.17) is 0 Å². The van der Waals surface area contributed by atoms with Crippen LogP contribution in [0.3, 0.4) is 0 Å². The summed E-state index contributed by atoms with van der Waals surface area (Å²) in [7, 11) is 0. The molecule has 1 aromatic heterocycles. The Kier molecular flexibility index (Phi) is 5.96. The zero-order chi connectivity index (χ0) is 19.4. The number of hydrogen-bond acceptors (Lipinski definition) is 4. The highest BCUT2D eigenvalue weighted by Gasteiger charge is 2.20. The van der Waals surface area contributed by atoms with Gasteiger partial charge < -0.3 is 9.88 Å². The largest absolute Gasteiger partial charge is 0.325 e. The lowest BCUT2D eigenvalue weighted by Crippen LogP contribution is -2.23.